The minimum absolute atomic E-state index is 0.253. The number of benzene rings is 2. The molecule has 2 aromatic carbocycles. The minimum Gasteiger partial charge on any atom is -0.478 e. The molecule has 0 unspecified atom stereocenters. The van der Waals surface area contributed by atoms with Crippen molar-refractivity contribution in [3.63, 3.8) is 0 Å². The molecule has 9 heteroatoms. The average Bonchev–Trinajstić information content (AvgIpc) is 2.79. The van der Waals surface area contributed by atoms with Crippen LogP contribution >= 0.6 is 15.9 Å². The first-order valence-electron chi connectivity index (χ1n) is 10.6. The molecular weight excluding hydrogens is 488 g/mol. The maximum Gasteiger partial charge on any atom is 0.346 e. The monoisotopic (exact) mass is 514 g/mol. The molecule has 1 aromatic heterocycles. The van der Waals surface area contributed by atoms with Crippen LogP contribution in [-0.4, -0.2) is 49.2 Å². The van der Waals surface area contributed by atoms with E-state index in [1.54, 1.807) is 19.2 Å². The van der Waals surface area contributed by atoms with E-state index < -0.39 is 12.1 Å². The lowest BCUT2D eigenvalue weighted by atomic mass is 10.2. The van der Waals surface area contributed by atoms with E-state index in [1.165, 1.54) is 11.8 Å². The highest BCUT2D eigenvalue weighted by Crippen LogP contribution is 2.25. The number of nitrogens with zero attached hydrogens (tertiary/aromatic N) is 4. The van der Waals surface area contributed by atoms with Gasteiger partial charge < -0.3 is 14.4 Å². The SMILES string of the molecule is CCCc1nc2ccc(Br)cc2c(=O)n1N=Cc1ccc(N(C)C)cc1O[C@H](C)C(=O)OC. The topological polar surface area (TPSA) is 86.0 Å². The maximum absolute atomic E-state index is 13.2. The number of hydrogen-bond donors (Lipinski definition) is 0. The fourth-order valence-corrected chi connectivity index (χ4v) is 3.59. The number of aryl methyl sites for hydroxylation is 1. The fraction of sp³-hybridized carbons (Fsp3) is 0.333. The van der Waals surface area contributed by atoms with Gasteiger partial charge in [-0.3, -0.25) is 4.79 Å². The first-order valence-corrected chi connectivity index (χ1v) is 11.4. The summed E-state index contributed by atoms with van der Waals surface area (Å²) < 4.78 is 12.8. The van der Waals surface area contributed by atoms with Gasteiger partial charge in [0.25, 0.3) is 5.56 Å². The number of aromatic nitrogens is 2. The number of fused-ring (bicyclic) bond motifs is 1. The molecule has 33 heavy (non-hydrogen) atoms. The van der Waals surface area contributed by atoms with Gasteiger partial charge in [0.05, 0.1) is 24.2 Å². The van der Waals surface area contributed by atoms with Gasteiger partial charge >= 0.3 is 5.97 Å². The normalized spacial score (nSPS) is 12.2. The number of anilines is 1. The zero-order valence-electron chi connectivity index (χ0n) is 19.3. The third-order valence-corrected chi connectivity index (χ3v) is 5.50. The van der Waals surface area contributed by atoms with Crippen LogP contribution in [0.25, 0.3) is 10.9 Å². The molecule has 1 heterocycles. The van der Waals surface area contributed by atoms with Gasteiger partial charge in [-0.1, -0.05) is 22.9 Å². The van der Waals surface area contributed by atoms with Gasteiger partial charge in [-0.25, -0.2) is 9.78 Å². The molecule has 0 fully saturated rings. The molecule has 0 bridgehead atoms. The summed E-state index contributed by atoms with van der Waals surface area (Å²) in [6, 6.07) is 11.0. The molecule has 3 rings (SSSR count). The average molecular weight is 515 g/mol. The van der Waals surface area contributed by atoms with Crippen LogP contribution < -0.4 is 15.2 Å². The van der Waals surface area contributed by atoms with Crippen molar-refractivity contribution in [2.75, 3.05) is 26.1 Å². The highest BCUT2D eigenvalue weighted by molar-refractivity contribution is 9.10. The lowest BCUT2D eigenvalue weighted by Gasteiger charge is -2.18. The second-order valence-electron chi connectivity index (χ2n) is 7.70. The first kappa shape index (κ1) is 24.4. The van der Waals surface area contributed by atoms with Crippen LogP contribution in [0.3, 0.4) is 0 Å². The predicted molar refractivity (Wildman–Crippen MR) is 134 cm³/mol. The van der Waals surface area contributed by atoms with Crippen molar-refractivity contribution in [2.45, 2.75) is 32.8 Å². The van der Waals surface area contributed by atoms with Crippen LogP contribution in [0.2, 0.25) is 0 Å². The summed E-state index contributed by atoms with van der Waals surface area (Å²) in [5, 5.41) is 4.95. The summed E-state index contributed by atoms with van der Waals surface area (Å²) in [4.78, 5) is 31.7. The molecule has 8 nitrogen and oxygen atoms in total. The molecule has 0 saturated heterocycles. The molecule has 0 aliphatic heterocycles. The number of halogens is 1. The number of esters is 1. The van der Waals surface area contributed by atoms with E-state index in [0.717, 1.165) is 16.6 Å². The van der Waals surface area contributed by atoms with E-state index in [4.69, 9.17) is 9.47 Å². The predicted octanol–water partition coefficient (Wildman–Crippen LogP) is 4.00. The number of hydrogen-bond acceptors (Lipinski definition) is 7. The summed E-state index contributed by atoms with van der Waals surface area (Å²) in [7, 11) is 5.13. The van der Waals surface area contributed by atoms with Crippen molar-refractivity contribution >= 4 is 44.7 Å². The van der Waals surface area contributed by atoms with Crippen LogP contribution in [0.1, 0.15) is 31.7 Å². The first-order chi connectivity index (χ1) is 15.7. The van der Waals surface area contributed by atoms with Gasteiger partial charge in [0, 0.05) is 42.3 Å². The molecule has 0 N–H and O–H groups in total. The Hall–Kier alpha value is -3.20. The molecule has 1 atom stereocenters. The number of ether oxygens (including phenoxy) is 2. The standard InChI is InChI=1S/C24H27BrN4O4/c1-6-7-22-27-20-11-9-17(25)12-19(20)23(30)29(22)26-14-16-8-10-18(28(3)4)13-21(16)33-15(2)24(31)32-5/h8-15H,6-7H2,1-5H3/t15-/m1/s1. The van der Waals surface area contributed by atoms with Crippen molar-refractivity contribution < 1.29 is 14.3 Å². The van der Waals surface area contributed by atoms with Crippen molar-refractivity contribution in [1.29, 1.82) is 0 Å². The summed E-state index contributed by atoms with van der Waals surface area (Å²) in [6.07, 6.45) is 2.15. The smallest absolute Gasteiger partial charge is 0.346 e. The molecular formula is C24H27BrN4O4. The van der Waals surface area contributed by atoms with Crippen LogP contribution in [0.5, 0.6) is 5.75 Å². The maximum atomic E-state index is 13.2. The Morgan fingerprint density at radius 2 is 2.03 bits per heavy atom. The second kappa shape index (κ2) is 10.6. The van der Waals surface area contributed by atoms with Gasteiger partial charge in [-0.2, -0.15) is 9.78 Å². The molecule has 0 saturated carbocycles. The zero-order valence-corrected chi connectivity index (χ0v) is 20.9. The van der Waals surface area contributed by atoms with Gasteiger partial charge in [0.1, 0.15) is 11.6 Å². The number of carbonyl (C=O) groups excluding carboxylic acids is 1. The van der Waals surface area contributed by atoms with Gasteiger partial charge in [0.2, 0.25) is 0 Å². The summed E-state index contributed by atoms with van der Waals surface area (Å²) in [5.74, 6) is 0.534. The Morgan fingerprint density at radius 1 is 1.27 bits per heavy atom. The van der Waals surface area contributed by atoms with Crippen molar-refractivity contribution in [3.8, 4) is 5.75 Å². The molecule has 3 aromatic rings. The molecule has 174 valence electrons. The number of rotatable bonds is 8. The Morgan fingerprint density at radius 3 is 2.70 bits per heavy atom. The lowest BCUT2D eigenvalue weighted by molar-refractivity contribution is -0.147. The third-order valence-electron chi connectivity index (χ3n) is 5.01. The van der Waals surface area contributed by atoms with Gasteiger partial charge in [-0.05, 0) is 43.7 Å². The zero-order chi connectivity index (χ0) is 24.1. The molecule has 0 amide bonds. The minimum atomic E-state index is -0.808. The van der Waals surface area contributed by atoms with Gasteiger partial charge in [-0.15, -0.1) is 0 Å². The van der Waals surface area contributed by atoms with Crippen LogP contribution in [-0.2, 0) is 16.0 Å². The van der Waals surface area contributed by atoms with E-state index in [9.17, 15) is 9.59 Å². The van der Waals surface area contributed by atoms with E-state index in [0.29, 0.717) is 34.5 Å². The van der Waals surface area contributed by atoms with E-state index in [2.05, 4.69) is 26.0 Å². The highest BCUT2D eigenvalue weighted by Gasteiger charge is 2.17. The van der Waals surface area contributed by atoms with Crippen molar-refractivity contribution in [2.24, 2.45) is 5.10 Å². The molecule has 0 aliphatic rings. The Kier molecular flexibility index (Phi) is 7.86. The second-order valence-corrected chi connectivity index (χ2v) is 8.62. The summed E-state index contributed by atoms with van der Waals surface area (Å²) in [6.45, 7) is 3.64. The molecule has 0 spiro atoms. The van der Waals surface area contributed by atoms with Crippen LogP contribution in [0.15, 0.2) is 50.8 Å². The Bertz CT molecular complexity index is 1250. The van der Waals surface area contributed by atoms with E-state index in [-0.39, 0.29) is 5.56 Å². The quantitative estimate of drug-likeness (QED) is 0.333. The largest absolute Gasteiger partial charge is 0.478 e. The van der Waals surface area contributed by atoms with E-state index in [1.807, 2.05) is 56.3 Å². The molecule has 0 radical (unpaired) electrons. The lowest BCUT2D eigenvalue weighted by Crippen LogP contribution is -2.25. The third kappa shape index (κ3) is 5.60. The summed E-state index contributed by atoms with van der Waals surface area (Å²) >= 11 is 3.41. The fourth-order valence-electron chi connectivity index (χ4n) is 3.23. The number of carbonyl (C=O) groups is 1. The highest BCUT2D eigenvalue weighted by atomic mass is 79.9. The summed E-state index contributed by atoms with van der Waals surface area (Å²) in [5.41, 5.74) is 1.88. The van der Waals surface area contributed by atoms with Crippen LogP contribution in [0, 0.1) is 0 Å². The Balaban J connectivity index is 2.10. The van der Waals surface area contributed by atoms with Crippen molar-refractivity contribution in [1.82, 2.24) is 9.66 Å². The molecule has 0 aliphatic carbocycles. The number of methoxy groups -OCH3 is 1. The Labute approximate surface area is 201 Å². The van der Waals surface area contributed by atoms with Crippen molar-refractivity contribution in [3.05, 3.63) is 62.6 Å². The van der Waals surface area contributed by atoms with Gasteiger partial charge in [0.15, 0.2) is 6.10 Å². The van der Waals surface area contributed by atoms with E-state index >= 15 is 0 Å². The van der Waals surface area contributed by atoms with Crippen LogP contribution in [0.4, 0.5) is 5.69 Å².